The van der Waals surface area contributed by atoms with E-state index in [9.17, 15) is 4.79 Å². The molecule has 0 aliphatic heterocycles. The highest BCUT2D eigenvalue weighted by Crippen LogP contribution is 2.25. The predicted octanol–water partition coefficient (Wildman–Crippen LogP) is 4.47. The summed E-state index contributed by atoms with van der Waals surface area (Å²) in [7, 11) is 0. The molecule has 2 aromatic carbocycles. The average molecular weight is 361 g/mol. The Hall–Kier alpha value is -3.21. The van der Waals surface area contributed by atoms with Gasteiger partial charge in [-0.2, -0.15) is 5.10 Å². The van der Waals surface area contributed by atoms with Gasteiger partial charge in [0.05, 0.1) is 0 Å². The summed E-state index contributed by atoms with van der Waals surface area (Å²) in [5.41, 5.74) is 1.98. The van der Waals surface area contributed by atoms with Crippen LogP contribution in [0.5, 0.6) is 5.75 Å². The predicted molar refractivity (Wildman–Crippen MR) is 106 cm³/mol. The summed E-state index contributed by atoms with van der Waals surface area (Å²) in [6, 6.07) is 17.7. The molecular formula is C22H23N3O2. The Bertz CT molecular complexity index is 906. The van der Waals surface area contributed by atoms with Crippen molar-refractivity contribution in [3.05, 3.63) is 78.4 Å². The number of hydrogen-bond acceptors (Lipinski definition) is 4. The molecule has 0 saturated carbocycles. The molecule has 0 bridgehead atoms. The van der Waals surface area contributed by atoms with Gasteiger partial charge >= 0.3 is 0 Å². The Balaban J connectivity index is 1.78. The molecular weight excluding hydrogens is 338 g/mol. The fourth-order valence-corrected chi connectivity index (χ4v) is 2.51. The van der Waals surface area contributed by atoms with Gasteiger partial charge in [0.25, 0.3) is 0 Å². The lowest BCUT2D eigenvalue weighted by Gasteiger charge is -2.18. The second-order valence-electron chi connectivity index (χ2n) is 7.29. The fraction of sp³-hybridized carbons (Fsp3) is 0.227. The zero-order valence-corrected chi connectivity index (χ0v) is 15.8. The van der Waals surface area contributed by atoms with Crippen molar-refractivity contribution in [2.24, 2.45) is 5.41 Å². The van der Waals surface area contributed by atoms with Crippen molar-refractivity contribution in [3.63, 3.8) is 0 Å². The second kappa shape index (κ2) is 7.99. The number of aromatic nitrogens is 3. The number of benzene rings is 2. The highest BCUT2D eigenvalue weighted by atomic mass is 16.5. The van der Waals surface area contributed by atoms with E-state index in [0.717, 1.165) is 16.9 Å². The number of carbonyl (C=O) groups excluding carboxylic acids is 1. The first kappa shape index (κ1) is 18.6. The van der Waals surface area contributed by atoms with E-state index < -0.39 is 5.41 Å². The van der Waals surface area contributed by atoms with Crippen LogP contribution in [-0.2, 0) is 11.4 Å². The Morgan fingerprint density at radius 3 is 2.37 bits per heavy atom. The summed E-state index contributed by atoms with van der Waals surface area (Å²) in [6.07, 6.45) is 4.78. The molecule has 27 heavy (non-hydrogen) atoms. The van der Waals surface area contributed by atoms with Crippen molar-refractivity contribution in [1.29, 1.82) is 0 Å². The lowest BCUT2D eigenvalue weighted by molar-refractivity contribution is -0.120. The van der Waals surface area contributed by atoms with Crippen LogP contribution >= 0.6 is 0 Å². The van der Waals surface area contributed by atoms with Gasteiger partial charge in [0.2, 0.25) is 0 Å². The summed E-state index contributed by atoms with van der Waals surface area (Å²) in [5.74, 6) is 0.776. The van der Waals surface area contributed by atoms with E-state index in [1.165, 1.54) is 17.3 Å². The number of ether oxygens (including phenoxy) is 1. The van der Waals surface area contributed by atoms with Crippen LogP contribution in [0.15, 0.2) is 67.3 Å². The third-order valence-electron chi connectivity index (χ3n) is 4.01. The number of nitrogens with zero attached hydrogens (tertiary/aromatic N) is 3. The van der Waals surface area contributed by atoms with Crippen molar-refractivity contribution in [2.75, 3.05) is 0 Å². The normalized spacial score (nSPS) is 12.0. The van der Waals surface area contributed by atoms with E-state index in [4.69, 9.17) is 4.74 Å². The van der Waals surface area contributed by atoms with Crippen LogP contribution in [0.3, 0.4) is 0 Å². The molecule has 0 fully saturated rings. The van der Waals surface area contributed by atoms with Gasteiger partial charge < -0.3 is 4.74 Å². The van der Waals surface area contributed by atoms with Crippen LogP contribution in [0.1, 0.15) is 31.9 Å². The minimum absolute atomic E-state index is 0.00240. The third-order valence-corrected chi connectivity index (χ3v) is 4.01. The van der Waals surface area contributed by atoms with Crippen LogP contribution in [0, 0.1) is 5.41 Å². The summed E-state index contributed by atoms with van der Waals surface area (Å²) in [6.45, 7) is 6.19. The molecule has 5 nitrogen and oxygen atoms in total. The van der Waals surface area contributed by atoms with Crippen molar-refractivity contribution in [1.82, 2.24) is 14.8 Å². The highest BCUT2D eigenvalue weighted by Gasteiger charge is 2.26. The molecule has 138 valence electrons. The SMILES string of the molecule is CC(C)(C)C(=O)C(=Cc1ccc(OCc2ccccc2)cc1)n1cncn1. The van der Waals surface area contributed by atoms with Crippen LogP contribution in [0.25, 0.3) is 11.8 Å². The standard InChI is InChI=1S/C22H23N3O2/c1-22(2,3)21(26)20(25-16-23-15-24-25)13-17-9-11-19(12-10-17)27-14-18-7-5-4-6-8-18/h4-13,15-16H,14H2,1-3H3. The molecule has 0 amide bonds. The van der Waals surface area contributed by atoms with E-state index in [1.54, 1.807) is 0 Å². The molecule has 0 saturated heterocycles. The Morgan fingerprint density at radius 2 is 1.78 bits per heavy atom. The monoisotopic (exact) mass is 361 g/mol. The van der Waals surface area contributed by atoms with Gasteiger partial charge in [-0.05, 0) is 29.3 Å². The number of Topliss-reactive ketones (excluding diaryl/α,β-unsaturated/α-hetero) is 1. The molecule has 3 aromatic rings. The molecule has 0 radical (unpaired) electrons. The quantitative estimate of drug-likeness (QED) is 0.608. The lowest BCUT2D eigenvalue weighted by atomic mass is 9.88. The molecule has 0 aliphatic rings. The first-order chi connectivity index (χ1) is 12.9. The third kappa shape index (κ3) is 4.91. The maximum Gasteiger partial charge on any atom is 0.186 e. The molecule has 0 spiro atoms. The van der Waals surface area contributed by atoms with Crippen LogP contribution < -0.4 is 4.74 Å². The van der Waals surface area contributed by atoms with Crippen molar-refractivity contribution in [3.8, 4) is 5.75 Å². The van der Waals surface area contributed by atoms with E-state index in [0.29, 0.717) is 12.3 Å². The maximum atomic E-state index is 12.8. The van der Waals surface area contributed by atoms with Crippen molar-refractivity contribution >= 4 is 17.6 Å². The molecule has 0 unspecified atom stereocenters. The zero-order chi connectivity index (χ0) is 19.3. The number of allylic oxidation sites excluding steroid dienone is 1. The van der Waals surface area contributed by atoms with Gasteiger partial charge in [0, 0.05) is 5.41 Å². The summed E-state index contributed by atoms with van der Waals surface area (Å²) < 4.78 is 7.32. The number of carbonyl (C=O) groups is 1. The maximum absolute atomic E-state index is 12.8. The number of rotatable bonds is 6. The van der Waals surface area contributed by atoms with Crippen LogP contribution in [-0.4, -0.2) is 20.5 Å². The molecule has 1 aromatic heterocycles. The van der Waals surface area contributed by atoms with Crippen LogP contribution in [0.2, 0.25) is 0 Å². The topological polar surface area (TPSA) is 57.0 Å². The van der Waals surface area contributed by atoms with Gasteiger partial charge in [-0.1, -0.05) is 63.2 Å². The van der Waals surface area contributed by atoms with Crippen molar-refractivity contribution in [2.45, 2.75) is 27.4 Å². The summed E-state index contributed by atoms with van der Waals surface area (Å²) >= 11 is 0. The summed E-state index contributed by atoms with van der Waals surface area (Å²) in [5, 5.41) is 4.12. The molecule has 0 aliphatic carbocycles. The first-order valence-corrected chi connectivity index (χ1v) is 8.82. The van der Waals surface area contributed by atoms with Gasteiger partial charge in [-0.3, -0.25) is 4.79 Å². The lowest BCUT2D eigenvalue weighted by Crippen LogP contribution is -2.24. The van der Waals surface area contributed by atoms with Gasteiger partial charge in [0.1, 0.15) is 30.7 Å². The second-order valence-corrected chi connectivity index (χ2v) is 7.29. The van der Waals surface area contributed by atoms with Crippen molar-refractivity contribution < 1.29 is 9.53 Å². The Labute approximate surface area is 159 Å². The number of hydrogen-bond donors (Lipinski definition) is 0. The number of ketones is 1. The molecule has 0 atom stereocenters. The average Bonchev–Trinajstić information content (AvgIpc) is 3.19. The van der Waals surface area contributed by atoms with E-state index >= 15 is 0 Å². The highest BCUT2D eigenvalue weighted by molar-refractivity contribution is 6.21. The molecule has 5 heteroatoms. The first-order valence-electron chi connectivity index (χ1n) is 8.82. The van der Waals surface area contributed by atoms with Gasteiger partial charge in [-0.15, -0.1) is 0 Å². The smallest absolute Gasteiger partial charge is 0.186 e. The minimum atomic E-state index is -0.517. The molecule has 0 N–H and O–H groups in total. The van der Waals surface area contributed by atoms with E-state index in [1.807, 2.05) is 81.4 Å². The summed E-state index contributed by atoms with van der Waals surface area (Å²) in [4.78, 5) is 16.8. The fourth-order valence-electron chi connectivity index (χ4n) is 2.51. The largest absolute Gasteiger partial charge is 0.489 e. The molecule has 1 heterocycles. The van der Waals surface area contributed by atoms with E-state index in [-0.39, 0.29) is 5.78 Å². The Kier molecular flexibility index (Phi) is 5.50. The van der Waals surface area contributed by atoms with E-state index in [2.05, 4.69) is 10.1 Å². The zero-order valence-electron chi connectivity index (χ0n) is 15.8. The van der Waals surface area contributed by atoms with Gasteiger partial charge in [-0.25, -0.2) is 9.67 Å². The van der Waals surface area contributed by atoms with Crippen LogP contribution in [0.4, 0.5) is 0 Å². The van der Waals surface area contributed by atoms with Gasteiger partial charge in [0.15, 0.2) is 5.78 Å². The molecule has 3 rings (SSSR count). The Morgan fingerprint density at radius 1 is 1.07 bits per heavy atom. The minimum Gasteiger partial charge on any atom is -0.489 e.